The summed E-state index contributed by atoms with van der Waals surface area (Å²) in [6, 6.07) is 10.5. The van der Waals surface area contributed by atoms with Crippen molar-refractivity contribution in [1.82, 2.24) is 4.90 Å². The number of hydrogen-bond donors (Lipinski definition) is 1. The number of nitrogens with zero attached hydrogens (tertiary/aromatic N) is 1. The summed E-state index contributed by atoms with van der Waals surface area (Å²) in [4.78, 5) is 2.40. The lowest BCUT2D eigenvalue weighted by molar-refractivity contribution is -0.163. The van der Waals surface area contributed by atoms with E-state index in [0.29, 0.717) is 12.6 Å². The SMILES string of the molecule is CC1(c2ccccc2)OCC(CN2CCC[C@@H](N)C2)O1. The molecule has 2 saturated heterocycles. The van der Waals surface area contributed by atoms with Crippen LogP contribution >= 0.6 is 0 Å². The number of piperidine rings is 1. The molecule has 0 saturated carbocycles. The van der Waals surface area contributed by atoms with Gasteiger partial charge in [-0.05, 0) is 26.3 Å². The lowest BCUT2D eigenvalue weighted by atomic mass is 10.1. The second-order valence-electron chi connectivity index (χ2n) is 6.02. The summed E-state index contributed by atoms with van der Waals surface area (Å²) >= 11 is 0. The molecule has 0 radical (unpaired) electrons. The van der Waals surface area contributed by atoms with Crippen LogP contribution in [0.4, 0.5) is 0 Å². The molecule has 2 unspecified atom stereocenters. The predicted octanol–water partition coefficient (Wildman–Crippen LogP) is 1.70. The van der Waals surface area contributed by atoms with Gasteiger partial charge >= 0.3 is 0 Å². The van der Waals surface area contributed by atoms with Crippen molar-refractivity contribution in [2.24, 2.45) is 5.73 Å². The number of rotatable bonds is 3. The highest BCUT2D eigenvalue weighted by Gasteiger charge is 2.39. The summed E-state index contributed by atoms with van der Waals surface area (Å²) in [6.45, 7) is 5.66. The Kier molecular flexibility index (Phi) is 4.08. The predicted molar refractivity (Wildman–Crippen MR) is 78.3 cm³/mol. The number of nitrogens with two attached hydrogens (primary N) is 1. The topological polar surface area (TPSA) is 47.7 Å². The average Bonchev–Trinajstić information content (AvgIpc) is 2.83. The summed E-state index contributed by atoms with van der Waals surface area (Å²) < 4.78 is 12.1. The monoisotopic (exact) mass is 276 g/mol. The summed E-state index contributed by atoms with van der Waals surface area (Å²) in [5, 5.41) is 0. The van der Waals surface area contributed by atoms with E-state index in [-0.39, 0.29) is 6.10 Å². The van der Waals surface area contributed by atoms with Gasteiger partial charge in [-0.2, -0.15) is 0 Å². The van der Waals surface area contributed by atoms with Gasteiger partial charge in [0.25, 0.3) is 0 Å². The van der Waals surface area contributed by atoms with E-state index in [2.05, 4.69) is 17.0 Å². The smallest absolute Gasteiger partial charge is 0.192 e. The molecule has 0 spiro atoms. The fourth-order valence-corrected chi connectivity index (χ4v) is 3.17. The maximum Gasteiger partial charge on any atom is 0.192 e. The first-order chi connectivity index (χ1) is 9.66. The first-order valence-electron chi connectivity index (χ1n) is 7.51. The molecule has 2 heterocycles. The molecule has 2 fully saturated rings. The highest BCUT2D eigenvalue weighted by molar-refractivity contribution is 5.20. The van der Waals surface area contributed by atoms with Gasteiger partial charge in [-0.15, -0.1) is 0 Å². The van der Waals surface area contributed by atoms with Gasteiger partial charge < -0.3 is 15.2 Å². The van der Waals surface area contributed by atoms with Crippen molar-refractivity contribution in [2.45, 2.75) is 37.7 Å². The standard InChI is InChI=1S/C16H24N2O2/c1-16(13-6-3-2-4-7-13)19-12-15(20-16)11-18-9-5-8-14(17)10-18/h2-4,6-7,14-15H,5,8-12,17H2,1H3/t14-,15?,16?/m1/s1. The third-order valence-corrected chi connectivity index (χ3v) is 4.24. The van der Waals surface area contributed by atoms with Crippen molar-refractivity contribution in [2.75, 3.05) is 26.2 Å². The summed E-state index contributed by atoms with van der Waals surface area (Å²) in [5.74, 6) is -0.607. The second-order valence-corrected chi connectivity index (χ2v) is 6.02. The Morgan fingerprint density at radius 3 is 2.90 bits per heavy atom. The van der Waals surface area contributed by atoms with E-state index in [1.807, 2.05) is 25.1 Å². The zero-order valence-electron chi connectivity index (χ0n) is 12.1. The number of ether oxygens (including phenoxy) is 2. The van der Waals surface area contributed by atoms with Crippen LogP contribution in [0.2, 0.25) is 0 Å². The van der Waals surface area contributed by atoms with Crippen LogP contribution in [0.25, 0.3) is 0 Å². The van der Waals surface area contributed by atoms with Crippen molar-refractivity contribution >= 4 is 0 Å². The van der Waals surface area contributed by atoms with Gasteiger partial charge in [0.15, 0.2) is 5.79 Å². The maximum absolute atomic E-state index is 6.17. The van der Waals surface area contributed by atoms with Gasteiger partial charge in [0.05, 0.1) is 12.7 Å². The first kappa shape index (κ1) is 14.0. The summed E-state index contributed by atoms with van der Waals surface area (Å²) in [5.41, 5.74) is 7.11. The van der Waals surface area contributed by atoms with E-state index >= 15 is 0 Å². The largest absolute Gasteiger partial charge is 0.343 e. The van der Waals surface area contributed by atoms with E-state index < -0.39 is 5.79 Å². The van der Waals surface area contributed by atoms with Crippen LogP contribution in [0.15, 0.2) is 30.3 Å². The third kappa shape index (κ3) is 3.04. The number of hydrogen-bond acceptors (Lipinski definition) is 4. The van der Waals surface area contributed by atoms with Gasteiger partial charge in [-0.1, -0.05) is 30.3 Å². The first-order valence-corrected chi connectivity index (χ1v) is 7.51. The quantitative estimate of drug-likeness (QED) is 0.913. The van der Waals surface area contributed by atoms with Crippen molar-refractivity contribution in [3.8, 4) is 0 Å². The number of benzene rings is 1. The van der Waals surface area contributed by atoms with E-state index in [9.17, 15) is 0 Å². The van der Waals surface area contributed by atoms with E-state index in [4.69, 9.17) is 15.2 Å². The molecule has 0 aromatic heterocycles. The molecule has 1 aromatic rings. The lowest BCUT2D eigenvalue weighted by Gasteiger charge is -2.32. The fourth-order valence-electron chi connectivity index (χ4n) is 3.17. The molecule has 110 valence electrons. The van der Waals surface area contributed by atoms with Gasteiger partial charge in [-0.3, -0.25) is 4.90 Å². The molecule has 2 N–H and O–H groups in total. The van der Waals surface area contributed by atoms with Gasteiger partial charge in [-0.25, -0.2) is 0 Å². The molecule has 4 nitrogen and oxygen atoms in total. The Bertz CT molecular complexity index is 439. The van der Waals surface area contributed by atoms with Crippen molar-refractivity contribution in [3.05, 3.63) is 35.9 Å². The van der Waals surface area contributed by atoms with Crippen LogP contribution in [0.1, 0.15) is 25.3 Å². The summed E-state index contributed by atoms with van der Waals surface area (Å²) in [7, 11) is 0. The van der Waals surface area contributed by atoms with Gasteiger partial charge in [0, 0.05) is 24.7 Å². The zero-order valence-corrected chi connectivity index (χ0v) is 12.1. The second kappa shape index (κ2) is 5.82. The van der Waals surface area contributed by atoms with E-state index in [0.717, 1.165) is 31.6 Å². The van der Waals surface area contributed by atoms with Gasteiger partial charge in [0.2, 0.25) is 0 Å². The van der Waals surface area contributed by atoms with Crippen LogP contribution in [0, 0.1) is 0 Å². The van der Waals surface area contributed by atoms with E-state index in [1.54, 1.807) is 0 Å². The van der Waals surface area contributed by atoms with Crippen molar-refractivity contribution < 1.29 is 9.47 Å². The minimum absolute atomic E-state index is 0.130. The number of likely N-dealkylation sites (tertiary alicyclic amines) is 1. The molecule has 3 rings (SSSR count). The molecule has 1 aromatic carbocycles. The lowest BCUT2D eigenvalue weighted by Crippen LogP contribution is -2.46. The molecule has 0 amide bonds. The Labute approximate surface area is 120 Å². The van der Waals surface area contributed by atoms with Crippen molar-refractivity contribution in [3.63, 3.8) is 0 Å². The van der Waals surface area contributed by atoms with E-state index in [1.165, 1.54) is 6.42 Å². The molecule has 3 atom stereocenters. The third-order valence-electron chi connectivity index (χ3n) is 4.24. The Hall–Kier alpha value is -0.940. The molecule has 20 heavy (non-hydrogen) atoms. The Morgan fingerprint density at radius 1 is 1.35 bits per heavy atom. The Morgan fingerprint density at radius 2 is 2.15 bits per heavy atom. The van der Waals surface area contributed by atoms with Crippen LogP contribution in [0.3, 0.4) is 0 Å². The molecule has 2 aliphatic rings. The Balaban J connectivity index is 1.59. The summed E-state index contributed by atoms with van der Waals surface area (Å²) in [6.07, 6.45) is 2.45. The van der Waals surface area contributed by atoms with Crippen LogP contribution in [-0.2, 0) is 15.3 Å². The molecule has 4 heteroatoms. The maximum atomic E-state index is 6.17. The van der Waals surface area contributed by atoms with Crippen LogP contribution in [0.5, 0.6) is 0 Å². The minimum atomic E-state index is -0.607. The van der Waals surface area contributed by atoms with Crippen LogP contribution < -0.4 is 5.73 Å². The zero-order chi connectivity index (χ0) is 14.0. The fraction of sp³-hybridized carbons (Fsp3) is 0.625. The average molecular weight is 276 g/mol. The molecule has 0 aliphatic carbocycles. The molecule has 0 bridgehead atoms. The normalized spacial score (nSPS) is 35.3. The van der Waals surface area contributed by atoms with Crippen LogP contribution in [-0.4, -0.2) is 43.3 Å². The van der Waals surface area contributed by atoms with Crippen molar-refractivity contribution in [1.29, 1.82) is 0 Å². The molecular formula is C16H24N2O2. The van der Waals surface area contributed by atoms with Gasteiger partial charge in [0.1, 0.15) is 0 Å². The molecular weight excluding hydrogens is 252 g/mol. The molecule has 2 aliphatic heterocycles. The highest BCUT2D eigenvalue weighted by Crippen LogP contribution is 2.34. The minimum Gasteiger partial charge on any atom is -0.343 e. The highest BCUT2D eigenvalue weighted by atomic mass is 16.7.